The highest BCUT2D eigenvalue weighted by Gasteiger charge is 2.51. The van der Waals surface area contributed by atoms with Crippen molar-refractivity contribution in [1.82, 2.24) is 10.2 Å². The molecule has 1 saturated carbocycles. The monoisotopic (exact) mass is 211 g/mol. The van der Waals surface area contributed by atoms with Crippen LogP contribution in [0.2, 0.25) is 0 Å². The summed E-state index contributed by atoms with van der Waals surface area (Å²) in [6, 6.07) is 0.0178. The Morgan fingerprint density at radius 1 is 1.40 bits per heavy atom. The highest BCUT2D eigenvalue weighted by molar-refractivity contribution is 5.76. The van der Waals surface area contributed by atoms with E-state index in [1.807, 2.05) is 25.7 Å². The first kappa shape index (κ1) is 10.7. The van der Waals surface area contributed by atoms with Crippen LogP contribution in [-0.2, 0) is 0 Å². The van der Waals surface area contributed by atoms with Gasteiger partial charge < -0.3 is 16.0 Å². The zero-order valence-corrected chi connectivity index (χ0v) is 9.84. The van der Waals surface area contributed by atoms with E-state index in [4.69, 9.17) is 5.73 Å². The number of hydrogen-bond donors (Lipinski definition) is 2. The van der Waals surface area contributed by atoms with Gasteiger partial charge in [-0.25, -0.2) is 4.79 Å². The number of rotatable bonds is 1. The van der Waals surface area contributed by atoms with E-state index in [-0.39, 0.29) is 17.1 Å². The second kappa shape index (κ2) is 3.11. The molecule has 0 radical (unpaired) electrons. The van der Waals surface area contributed by atoms with Gasteiger partial charge in [0, 0.05) is 18.6 Å². The second-order valence-corrected chi connectivity index (χ2v) is 6.04. The summed E-state index contributed by atoms with van der Waals surface area (Å²) < 4.78 is 0. The molecular weight excluding hydrogens is 190 g/mol. The van der Waals surface area contributed by atoms with Crippen LogP contribution in [0.25, 0.3) is 0 Å². The summed E-state index contributed by atoms with van der Waals surface area (Å²) in [6.45, 7) is 7.41. The number of hydrogen-bond acceptors (Lipinski definition) is 2. The van der Waals surface area contributed by atoms with Crippen LogP contribution in [0.15, 0.2) is 0 Å². The molecule has 4 nitrogen and oxygen atoms in total. The van der Waals surface area contributed by atoms with Gasteiger partial charge in [-0.3, -0.25) is 0 Å². The zero-order chi connectivity index (χ0) is 11.3. The smallest absolute Gasteiger partial charge is 0.317 e. The molecule has 0 aromatic carbocycles. The Bertz CT molecular complexity index is 272. The van der Waals surface area contributed by atoms with Crippen molar-refractivity contribution in [3.8, 4) is 0 Å². The molecule has 86 valence electrons. The molecule has 1 saturated heterocycles. The molecule has 2 amide bonds. The van der Waals surface area contributed by atoms with Crippen molar-refractivity contribution in [2.45, 2.75) is 44.7 Å². The lowest BCUT2D eigenvalue weighted by Gasteiger charge is -2.48. The molecule has 0 spiro atoms. The molecule has 15 heavy (non-hydrogen) atoms. The number of carbonyl (C=O) groups is 1. The van der Waals surface area contributed by atoms with Crippen LogP contribution < -0.4 is 11.1 Å². The third-order valence-electron chi connectivity index (χ3n) is 3.13. The van der Waals surface area contributed by atoms with Crippen LogP contribution in [0.5, 0.6) is 0 Å². The average Bonchev–Trinajstić information content (AvgIpc) is 2.76. The molecule has 4 heteroatoms. The van der Waals surface area contributed by atoms with E-state index in [0.717, 1.165) is 13.1 Å². The Morgan fingerprint density at radius 2 is 1.93 bits per heavy atom. The van der Waals surface area contributed by atoms with Crippen LogP contribution in [0.1, 0.15) is 33.6 Å². The molecule has 0 aromatic heterocycles. The minimum absolute atomic E-state index is 0.0178. The lowest BCUT2D eigenvalue weighted by atomic mass is 9.86. The number of nitrogens with two attached hydrogens (primary N) is 1. The molecule has 2 aliphatic rings. The first-order valence-electron chi connectivity index (χ1n) is 5.66. The van der Waals surface area contributed by atoms with Gasteiger partial charge in [0.05, 0.1) is 5.54 Å². The van der Waals surface area contributed by atoms with Gasteiger partial charge in [-0.1, -0.05) is 0 Å². The van der Waals surface area contributed by atoms with Crippen molar-refractivity contribution in [3.63, 3.8) is 0 Å². The number of nitrogens with zero attached hydrogens (tertiary/aromatic N) is 1. The van der Waals surface area contributed by atoms with E-state index >= 15 is 0 Å². The summed E-state index contributed by atoms with van der Waals surface area (Å²) in [5, 5.41) is 2.95. The van der Waals surface area contributed by atoms with Crippen LogP contribution in [0.3, 0.4) is 0 Å². The van der Waals surface area contributed by atoms with Crippen LogP contribution in [0.4, 0.5) is 4.79 Å². The number of urea groups is 1. The highest BCUT2D eigenvalue weighted by atomic mass is 16.2. The minimum Gasteiger partial charge on any atom is -0.333 e. The van der Waals surface area contributed by atoms with Crippen LogP contribution in [0, 0.1) is 5.92 Å². The molecule has 2 rings (SSSR count). The summed E-state index contributed by atoms with van der Waals surface area (Å²) in [6.07, 6.45) is 2.48. The number of likely N-dealkylation sites (tertiary alicyclic amines) is 1. The fourth-order valence-corrected chi connectivity index (χ4v) is 2.12. The maximum absolute atomic E-state index is 11.7. The molecule has 0 aromatic rings. The first-order valence-corrected chi connectivity index (χ1v) is 5.66. The first-order chi connectivity index (χ1) is 6.80. The lowest BCUT2D eigenvalue weighted by Crippen LogP contribution is -2.71. The molecule has 0 bridgehead atoms. The lowest BCUT2D eigenvalue weighted by molar-refractivity contribution is 0.0782. The maximum atomic E-state index is 11.7. The standard InChI is InChI=1S/C11H21N3O/c1-10(2,3)13-9(15)14-6-11(12,7-14)8-4-5-8/h8H,4-7,12H2,1-3H3,(H,13,15). The number of carbonyl (C=O) groups excluding carboxylic acids is 1. The van der Waals surface area contributed by atoms with Gasteiger partial charge in [0.2, 0.25) is 0 Å². The van der Waals surface area contributed by atoms with Gasteiger partial charge >= 0.3 is 6.03 Å². The Balaban J connectivity index is 1.81. The Hall–Kier alpha value is -0.770. The number of nitrogens with one attached hydrogen (secondary N) is 1. The highest BCUT2D eigenvalue weighted by Crippen LogP contribution is 2.42. The molecule has 0 unspecified atom stereocenters. The summed E-state index contributed by atoms with van der Waals surface area (Å²) in [7, 11) is 0. The number of amides is 2. The topological polar surface area (TPSA) is 58.4 Å². The van der Waals surface area contributed by atoms with Crippen LogP contribution in [-0.4, -0.2) is 35.1 Å². The molecule has 2 fully saturated rings. The summed E-state index contributed by atoms with van der Waals surface area (Å²) in [5.41, 5.74) is 5.94. The summed E-state index contributed by atoms with van der Waals surface area (Å²) >= 11 is 0. The SMILES string of the molecule is CC(C)(C)NC(=O)N1CC(N)(C2CC2)C1. The van der Waals surface area contributed by atoms with Gasteiger partial charge in [0.1, 0.15) is 0 Å². The van der Waals surface area contributed by atoms with Gasteiger partial charge in [-0.15, -0.1) is 0 Å². The molecule has 3 N–H and O–H groups in total. The second-order valence-electron chi connectivity index (χ2n) is 6.04. The van der Waals surface area contributed by atoms with Crippen molar-refractivity contribution in [2.75, 3.05) is 13.1 Å². The largest absolute Gasteiger partial charge is 0.333 e. The van der Waals surface area contributed by atoms with E-state index < -0.39 is 0 Å². The summed E-state index contributed by atoms with van der Waals surface area (Å²) in [4.78, 5) is 13.5. The third-order valence-corrected chi connectivity index (χ3v) is 3.13. The van der Waals surface area contributed by atoms with E-state index in [1.165, 1.54) is 12.8 Å². The maximum Gasteiger partial charge on any atom is 0.317 e. The van der Waals surface area contributed by atoms with Gasteiger partial charge in [0.15, 0.2) is 0 Å². The predicted octanol–water partition coefficient (Wildman–Crippen LogP) is 0.918. The average molecular weight is 211 g/mol. The van der Waals surface area contributed by atoms with E-state index in [1.54, 1.807) is 0 Å². The van der Waals surface area contributed by atoms with Gasteiger partial charge in [-0.2, -0.15) is 0 Å². The molecule has 1 aliphatic heterocycles. The van der Waals surface area contributed by atoms with Crippen molar-refractivity contribution in [3.05, 3.63) is 0 Å². The van der Waals surface area contributed by atoms with E-state index in [2.05, 4.69) is 5.32 Å². The quantitative estimate of drug-likeness (QED) is 0.677. The Labute approximate surface area is 91.2 Å². The third kappa shape index (κ3) is 2.25. The van der Waals surface area contributed by atoms with Crippen molar-refractivity contribution in [1.29, 1.82) is 0 Å². The zero-order valence-electron chi connectivity index (χ0n) is 9.84. The fraction of sp³-hybridized carbons (Fsp3) is 0.909. The van der Waals surface area contributed by atoms with Crippen molar-refractivity contribution >= 4 is 6.03 Å². The molecule has 1 aliphatic carbocycles. The Kier molecular flexibility index (Phi) is 2.23. The molecule has 0 atom stereocenters. The molecular formula is C11H21N3O. The Morgan fingerprint density at radius 3 is 2.33 bits per heavy atom. The van der Waals surface area contributed by atoms with Gasteiger partial charge in [-0.05, 0) is 39.5 Å². The van der Waals surface area contributed by atoms with Crippen molar-refractivity contribution < 1.29 is 4.79 Å². The minimum atomic E-state index is -0.163. The van der Waals surface area contributed by atoms with Gasteiger partial charge in [0.25, 0.3) is 0 Å². The predicted molar refractivity (Wildman–Crippen MR) is 59.5 cm³/mol. The normalized spacial score (nSPS) is 24.7. The molecule has 1 heterocycles. The van der Waals surface area contributed by atoms with Crippen LogP contribution >= 0.6 is 0 Å². The summed E-state index contributed by atoms with van der Waals surface area (Å²) in [5.74, 6) is 0.663. The van der Waals surface area contributed by atoms with E-state index in [9.17, 15) is 4.79 Å². The van der Waals surface area contributed by atoms with Crippen molar-refractivity contribution in [2.24, 2.45) is 11.7 Å². The fourth-order valence-electron chi connectivity index (χ4n) is 2.12. The van der Waals surface area contributed by atoms with E-state index in [0.29, 0.717) is 5.92 Å².